The third kappa shape index (κ3) is 4.98. The maximum absolute atomic E-state index is 13.2. The topological polar surface area (TPSA) is 66.5 Å². The molecule has 1 N–H and O–H groups in total. The molecule has 5 rings (SSSR count). The van der Waals surface area contributed by atoms with E-state index in [1.54, 1.807) is 42.5 Å². The van der Waals surface area contributed by atoms with Crippen molar-refractivity contribution in [2.24, 2.45) is 0 Å². The monoisotopic (exact) mass is 482 g/mol. The van der Waals surface area contributed by atoms with Crippen molar-refractivity contribution in [1.29, 1.82) is 0 Å². The van der Waals surface area contributed by atoms with Crippen LogP contribution in [0.5, 0.6) is 0 Å². The molecule has 0 spiro atoms. The van der Waals surface area contributed by atoms with Gasteiger partial charge in [-0.2, -0.15) is 0 Å². The zero-order chi connectivity index (χ0) is 24.3. The van der Waals surface area contributed by atoms with Gasteiger partial charge in [-0.1, -0.05) is 72.8 Å². The first-order chi connectivity index (χ1) is 17.0. The highest BCUT2D eigenvalue weighted by atomic mass is 32.2. The molecule has 0 fully saturated rings. The summed E-state index contributed by atoms with van der Waals surface area (Å²) in [5.41, 5.74) is 5.45. The lowest BCUT2D eigenvalue weighted by Gasteiger charge is -2.31. The molecule has 0 saturated heterocycles. The van der Waals surface area contributed by atoms with Gasteiger partial charge in [0.25, 0.3) is 10.0 Å². The number of sulfonamides is 1. The summed E-state index contributed by atoms with van der Waals surface area (Å²) in [4.78, 5) is 13.0. The van der Waals surface area contributed by atoms with Gasteiger partial charge in [-0.3, -0.25) is 9.10 Å². The average molecular weight is 483 g/mol. The van der Waals surface area contributed by atoms with Gasteiger partial charge in [-0.05, 0) is 65.4 Å². The number of aryl methyl sites for hydroxylation is 1. The van der Waals surface area contributed by atoms with E-state index in [1.807, 2.05) is 48.5 Å². The van der Waals surface area contributed by atoms with E-state index in [-0.39, 0.29) is 17.2 Å². The standard InChI is InChI=1S/C29H26N2O3S/c32-29(20-22-13-15-24(16-14-22)23-8-3-1-4-9-23)30-26-17-18-28-25(21-26)10-7-19-31(28)35(33,34)27-11-5-2-6-12-27/h1-6,8-9,11-18,21H,7,10,19-20H2,(H,30,32). The number of hydrogen-bond donors (Lipinski definition) is 1. The minimum Gasteiger partial charge on any atom is -0.326 e. The molecule has 1 aliphatic rings. The van der Waals surface area contributed by atoms with Crippen LogP contribution < -0.4 is 9.62 Å². The molecule has 6 heteroatoms. The second-order valence-corrected chi connectivity index (χ2v) is 10.5. The Balaban J connectivity index is 1.28. The molecule has 0 atom stereocenters. The molecule has 4 aromatic rings. The van der Waals surface area contributed by atoms with Gasteiger partial charge < -0.3 is 5.32 Å². The molecule has 4 aromatic carbocycles. The van der Waals surface area contributed by atoms with Crippen LogP contribution in [0.1, 0.15) is 17.5 Å². The van der Waals surface area contributed by atoms with E-state index < -0.39 is 10.0 Å². The van der Waals surface area contributed by atoms with Gasteiger partial charge in [0.05, 0.1) is 17.0 Å². The highest BCUT2D eigenvalue weighted by molar-refractivity contribution is 7.92. The van der Waals surface area contributed by atoms with E-state index in [0.717, 1.165) is 35.1 Å². The van der Waals surface area contributed by atoms with E-state index in [0.29, 0.717) is 17.9 Å². The molecule has 35 heavy (non-hydrogen) atoms. The molecular formula is C29H26N2O3S. The van der Waals surface area contributed by atoms with Crippen LogP contribution in [0.15, 0.2) is 108 Å². The Morgan fingerprint density at radius 2 is 1.46 bits per heavy atom. The smallest absolute Gasteiger partial charge is 0.264 e. The molecule has 0 saturated carbocycles. The number of carbonyl (C=O) groups excluding carboxylic acids is 1. The minimum atomic E-state index is -3.63. The molecule has 5 nitrogen and oxygen atoms in total. The number of anilines is 2. The van der Waals surface area contributed by atoms with Crippen LogP contribution in [0.2, 0.25) is 0 Å². The van der Waals surface area contributed by atoms with Gasteiger partial charge in [0, 0.05) is 12.2 Å². The lowest BCUT2D eigenvalue weighted by atomic mass is 10.0. The molecule has 0 radical (unpaired) electrons. The zero-order valence-corrected chi connectivity index (χ0v) is 20.0. The lowest BCUT2D eigenvalue weighted by Crippen LogP contribution is -2.35. The van der Waals surface area contributed by atoms with E-state index in [9.17, 15) is 13.2 Å². The predicted octanol–water partition coefficient (Wildman–Crippen LogP) is 5.68. The van der Waals surface area contributed by atoms with Crippen molar-refractivity contribution in [3.63, 3.8) is 0 Å². The van der Waals surface area contributed by atoms with Crippen LogP contribution in [-0.2, 0) is 27.7 Å². The first-order valence-electron chi connectivity index (χ1n) is 11.7. The van der Waals surface area contributed by atoms with E-state index >= 15 is 0 Å². The zero-order valence-electron chi connectivity index (χ0n) is 19.2. The van der Waals surface area contributed by atoms with Crippen LogP contribution in [0.4, 0.5) is 11.4 Å². The summed E-state index contributed by atoms with van der Waals surface area (Å²) in [5, 5.41) is 2.97. The van der Waals surface area contributed by atoms with Crippen LogP contribution in [0.3, 0.4) is 0 Å². The molecule has 0 unspecified atom stereocenters. The van der Waals surface area contributed by atoms with Gasteiger partial charge in [-0.25, -0.2) is 8.42 Å². The summed E-state index contributed by atoms with van der Waals surface area (Å²) in [6.07, 6.45) is 1.76. The number of amides is 1. The van der Waals surface area contributed by atoms with E-state index in [1.165, 1.54) is 4.31 Å². The SMILES string of the molecule is O=C(Cc1ccc(-c2ccccc2)cc1)Nc1ccc2c(c1)CCCN2S(=O)(=O)c1ccccc1. The number of nitrogens with one attached hydrogen (secondary N) is 1. The number of fused-ring (bicyclic) bond motifs is 1. The summed E-state index contributed by atoms with van der Waals surface area (Å²) >= 11 is 0. The van der Waals surface area contributed by atoms with Gasteiger partial charge >= 0.3 is 0 Å². The molecule has 0 aromatic heterocycles. The summed E-state index contributed by atoms with van der Waals surface area (Å²) in [6.45, 7) is 0.439. The Morgan fingerprint density at radius 3 is 2.17 bits per heavy atom. The molecule has 0 bridgehead atoms. The van der Waals surface area contributed by atoms with Crippen LogP contribution in [0, 0.1) is 0 Å². The summed E-state index contributed by atoms with van der Waals surface area (Å²) in [5.74, 6) is -0.109. The number of carbonyl (C=O) groups is 1. The third-order valence-corrected chi connectivity index (χ3v) is 8.02. The van der Waals surface area contributed by atoms with Crippen molar-refractivity contribution >= 4 is 27.3 Å². The fourth-order valence-corrected chi connectivity index (χ4v) is 6.01. The highest BCUT2D eigenvalue weighted by Crippen LogP contribution is 2.33. The van der Waals surface area contributed by atoms with Gasteiger partial charge in [0.15, 0.2) is 0 Å². The average Bonchev–Trinajstić information content (AvgIpc) is 2.89. The number of rotatable bonds is 6. The lowest BCUT2D eigenvalue weighted by molar-refractivity contribution is -0.115. The van der Waals surface area contributed by atoms with E-state index in [2.05, 4.69) is 17.4 Å². The largest absolute Gasteiger partial charge is 0.326 e. The molecule has 1 aliphatic heterocycles. The second kappa shape index (κ2) is 9.76. The van der Waals surface area contributed by atoms with Crippen LogP contribution in [-0.4, -0.2) is 20.9 Å². The van der Waals surface area contributed by atoms with Crippen LogP contribution >= 0.6 is 0 Å². The second-order valence-electron chi connectivity index (χ2n) is 8.63. The van der Waals surface area contributed by atoms with Crippen molar-refractivity contribution in [2.75, 3.05) is 16.2 Å². The molecule has 176 valence electrons. The van der Waals surface area contributed by atoms with Gasteiger partial charge in [0.2, 0.25) is 5.91 Å². The molecule has 1 heterocycles. The number of hydrogen-bond acceptors (Lipinski definition) is 3. The number of benzene rings is 4. The Bertz CT molecular complexity index is 1430. The van der Waals surface area contributed by atoms with Gasteiger partial charge in [-0.15, -0.1) is 0 Å². The van der Waals surface area contributed by atoms with Crippen molar-refractivity contribution in [3.05, 3.63) is 114 Å². The molecule has 0 aliphatic carbocycles. The minimum absolute atomic E-state index is 0.109. The van der Waals surface area contributed by atoms with E-state index in [4.69, 9.17) is 0 Å². The van der Waals surface area contributed by atoms with Crippen molar-refractivity contribution in [3.8, 4) is 11.1 Å². The maximum Gasteiger partial charge on any atom is 0.264 e. The van der Waals surface area contributed by atoms with Crippen LogP contribution in [0.25, 0.3) is 11.1 Å². The molecular weight excluding hydrogens is 456 g/mol. The summed E-state index contributed by atoms with van der Waals surface area (Å²) in [7, 11) is -3.63. The first kappa shape index (κ1) is 22.9. The Labute approximate surface area is 206 Å². The van der Waals surface area contributed by atoms with Crippen molar-refractivity contribution < 1.29 is 13.2 Å². The Morgan fingerprint density at radius 1 is 0.800 bits per heavy atom. The summed E-state index contributed by atoms with van der Waals surface area (Å²) < 4.78 is 27.8. The van der Waals surface area contributed by atoms with Crippen molar-refractivity contribution in [1.82, 2.24) is 0 Å². The first-order valence-corrected chi connectivity index (χ1v) is 13.1. The Kier molecular flexibility index (Phi) is 6.38. The maximum atomic E-state index is 13.2. The predicted molar refractivity (Wildman–Crippen MR) is 140 cm³/mol. The van der Waals surface area contributed by atoms with Crippen molar-refractivity contribution in [2.45, 2.75) is 24.2 Å². The quantitative estimate of drug-likeness (QED) is 0.385. The Hall–Kier alpha value is -3.90. The normalized spacial score (nSPS) is 13.2. The fraction of sp³-hybridized carbons (Fsp3) is 0.138. The fourth-order valence-electron chi connectivity index (χ4n) is 4.45. The highest BCUT2D eigenvalue weighted by Gasteiger charge is 2.29. The summed E-state index contributed by atoms with van der Waals surface area (Å²) in [6, 6.07) is 32.1. The third-order valence-electron chi connectivity index (χ3n) is 6.20. The number of nitrogens with zero attached hydrogens (tertiary/aromatic N) is 1. The molecule has 1 amide bonds. The van der Waals surface area contributed by atoms with Gasteiger partial charge in [0.1, 0.15) is 0 Å².